The summed E-state index contributed by atoms with van der Waals surface area (Å²) >= 11 is 0. The molecular weight excluding hydrogens is 174 g/mol. The second-order valence-corrected chi connectivity index (χ2v) is 3.85. The maximum absolute atomic E-state index is 11.5. The number of piperidine rings is 1. The normalized spacial score (nSPS) is 27.6. The van der Waals surface area contributed by atoms with Crippen LogP contribution < -0.4 is 5.32 Å². The number of nitrogens with one attached hydrogen (secondary N) is 1. The highest BCUT2D eigenvalue weighted by molar-refractivity contribution is 5.82. The Morgan fingerprint density at radius 3 is 2.71 bits per heavy atom. The molecule has 0 unspecified atom stereocenters. The van der Waals surface area contributed by atoms with Crippen LogP contribution in [0, 0.1) is 5.92 Å². The first kappa shape index (κ1) is 9.41. The predicted octanol–water partition coefficient (Wildman–Crippen LogP) is 1.93. The van der Waals surface area contributed by atoms with Gasteiger partial charge in [0.15, 0.2) is 0 Å². The highest BCUT2D eigenvalue weighted by Crippen LogP contribution is 2.26. The first-order valence-corrected chi connectivity index (χ1v) is 5.10. The quantitative estimate of drug-likeness (QED) is 0.731. The largest absolute Gasteiger partial charge is 0.309 e. The molecule has 0 amide bonds. The van der Waals surface area contributed by atoms with Crippen LogP contribution in [0.5, 0.6) is 0 Å². The topological polar surface area (TPSA) is 29.1 Å². The second kappa shape index (κ2) is 3.93. The second-order valence-electron chi connectivity index (χ2n) is 3.85. The summed E-state index contributed by atoms with van der Waals surface area (Å²) in [6.07, 6.45) is 0.671. The average Bonchev–Trinajstić information content (AvgIpc) is 2.23. The lowest BCUT2D eigenvalue weighted by atomic mass is 9.87. The molecule has 0 radical (unpaired) electrons. The van der Waals surface area contributed by atoms with Gasteiger partial charge < -0.3 is 5.32 Å². The van der Waals surface area contributed by atoms with Gasteiger partial charge in [-0.2, -0.15) is 0 Å². The van der Waals surface area contributed by atoms with E-state index in [1.165, 1.54) is 5.56 Å². The summed E-state index contributed by atoms with van der Waals surface area (Å²) in [6, 6.07) is 10.4. The van der Waals surface area contributed by atoms with Gasteiger partial charge in [0.2, 0.25) is 0 Å². The molecule has 14 heavy (non-hydrogen) atoms. The number of Topliss-reactive ketones (excluding diaryl/α,β-unsaturated/α-hetero) is 1. The minimum atomic E-state index is 0.103. The molecule has 0 aliphatic carbocycles. The Morgan fingerprint density at radius 1 is 1.29 bits per heavy atom. The molecule has 0 saturated carbocycles. The third-order valence-electron chi connectivity index (χ3n) is 2.90. The number of benzene rings is 1. The molecular formula is C12H15NO. The van der Waals surface area contributed by atoms with Crippen molar-refractivity contribution in [2.45, 2.75) is 19.4 Å². The van der Waals surface area contributed by atoms with Crippen molar-refractivity contribution < 1.29 is 4.79 Å². The molecule has 1 N–H and O–H groups in total. The van der Waals surface area contributed by atoms with E-state index >= 15 is 0 Å². The van der Waals surface area contributed by atoms with Crippen molar-refractivity contribution >= 4 is 5.78 Å². The van der Waals surface area contributed by atoms with Gasteiger partial charge in [-0.3, -0.25) is 4.79 Å². The first-order valence-electron chi connectivity index (χ1n) is 5.10. The van der Waals surface area contributed by atoms with Crippen LogP contribution in [0.4, 0.5) is 0 Å². The summed E-state index contributed by atoms with van der Waals surface area (Å²) < 4.78 is 0. The standard InChI is InChI=1S/C12H15NO/c1-9-11(14)7-8-13-12(9)10-5-3-2-4-6-10/h2-6,9,12-13H,7-8H2,1H3/t9-,12-/m0/s1. The maximum Gasteiger partial charge on any atom is 0.138 e. The molecule has 2 heteroatoms. The van der Waals surface area contributed by atoms with E-state index in [2.05, 4.69) is 17.4 Å². The monoisotopic (exact) mass is 189 g/mol. The molecule has 1 aliphatic rings. The Labute approximate surface area is 84.3 Å². The van der Waals surface area contributed by atoms with Crippen molar-refractivity contribution in [3.63, 3.8) is 0 Å². The van der Waals surface area contributed by atoms with E-state index in [4.69, 9.17) is 0 Å². The van der Waals surface area contributed by atoms with E-state index in [1.54, 1.807) is 0 Å². The molecule has 0 aromatic heterocycles. The van der Waals surface area contributed by atoms with Gasteiger partial charge >= 0.3 is 0 Å². The molecule has 1 saturated heterocycles. The first-order chi connectivity index (χ1) is 6.79. The molecule has 0 spiro atoms. The number of carbonyl (C=O) groups is 1. The van der Waals surface area contributed by atoms with Crippen molar-refractivity contribution in [3.8, 4) is 0 Å². The number of hydrogen-bond acceptors (Lipinski definition) is 2. The van der Waals surface area contributed by atoms with E-state index in [0.717, 1.165) is 6.54 Å². The summed E-state index contributed by atoms with van der Waals surface area (Å²) in [7, 11) is 0. The molecule has 0 bridgehead atoms. The van der Waals surface area contributed by atoms with E-state index < -0.39 is 0 Å². The van der Waals surface area contributed by atoms with Gasteiger partial charge in [-0.15, -0.1) is 0 Å². The van der Waals surface area contributed by atoms with Crippen LogP contribution in [0.3, 0.4) is 0 Å². The van der Waals surface area contributed by atoms with Crippen LogP contribution in [0.1, 0.15) is 24.9 Å². The zero-order valence-electron chi connectivity index (χ0n) is 8.36. The summed E-state index contributed by atoms with van der Waals surface area (Å²) in [5, 5.41) is 3.39. The minimum Gasteiger partial charge on any atom is -0.309 e. The van der Waals surface area contributed by atoms with E-state index in [1.807, 2.05) is 25.1 Å². The molecule has 1 aliphatic heterocycles. The van der Waals surface area contributed by atoms with Gasteiger partial charge in [0.1, 0.15) is 5.78 Å². The van der Waals surface area contributed by atoms with Gasteiger partial charge in [0.05, 0.1) is 0 Å². The molecule has 2 atom stereocenters. The Bertz CT molecular complexity index is 320. The maximum atomic E-state index is 11.5. The Hall–Kier alpha value is -1.15. The Balaban J connectivity index is 2.22. The van der Waals surface area contributed by atoms with E-state index in [9.17, 15) is 4.79 Å². The molecule has 74 valence electrons. The third kappa shape index (κ3) is 1.70. The number of carbonyl (C=O) groups excluding carboxylic acids is 1. The van der Waals surface area contributed by atoms with Crippen LogP contribution in [-0.2, 0) is 4.79 Å². The Morgan fingerprint density at radius 2 is 2.00 bits per heavy atom. The zero-order chi connectivity index (χ0) is 9.97. The molecule has 2 rings (SSSR count). The minimum absolute atomic E-state index is 0.103. The summed E-state index contributed by atoms with van der Waals surface area (Å²) in [6.45, 7) is 2.81. The van der Waals surface area contributed by atoms with Crippen molar-refractivity contribution in [1.82, 2.24) is 5.32 Å². The SMILES string of the molecule is C[C@H]1C(=O)CCN[C@@H]1c1ccccc1. The number of ketones is 1. The van der Waals surface area contributed by atoms with Gasteiger partial charge in [0, 0.05) is 24.9 Å². The average molecular weight is 189 g/mol. The van der Waals surface area contributed by atoms with Crippen LogP contribution >= 0.6 is 0 Å². The fraction of sp³-hybridized carbons (Fsp3) is 0.417. The lowest BCUT2D eigenvalue weighted by Crippen LogP contribution is -2.38. The predicted molar refractivity (Wildman–Crippen MR) is 56.0 cm³/mol. The fourth-order valence-electron chi connectivity index (χ4n) is 2.01. The third-order valence-corrected chi connectivity index (χ3v) is 2.90. The van der Waals surface area contributed by atoms with Crippen molar-refractivity contribution in [2.75, 3.05) is 6.54 Å². The van der Waals surface area contributed by atoms with Crippen LogP contribution in [0.15, 0.2) is 30.3 Å². The molecule has 1 heterocycles. The van der Waals surface area contributed by atoms with Gasteiger partial charge in [-0.1, -0.05) is 37.3 Å². The smallest absolute Gasteiger partial charge is 0.138 e. The van der Waals surface area contributed by atoms with Crippen molar-refractivity contribution in [2.24, 2.45) is 5.92 Å². The molecule has 1 aromatic rings. The number of hydrogen-bond donors (Lipinski definition) is 1. The van der Waals surface area contributed by atoms with Crippen molar-refractivity contribution in [3.05, 3.63) is 35.9 Å². The highest BCUT2D eigenvalue weighted by Gasteiger charge is 2.28. The van der Waals surface area contributed by atoms with E-state index in [-0.39, 0.29) is 12.0 Å². The molecule has 2 nitrogen and oxygen atoms in total. The Kier molecular flexibility index (Phi) is 2.64. The zero-order valence-corrected chi connectivity index (χ0v) is 8.36. The van der Waals surface area contributed by atoms with Gasteiger partial charge in [-0.05, 0) is 5.56 Å². The van der Waals surface area contributed by atoms with Crippen LogP contribution in [0.25, 0.3) is 0 Å². The van der Waals surface area contributed by atoms with Crippen molar-refractivity contribution in [1.29, 1.82) is 0 Å². The number of rotatable bonds is 1. The van der Waals surface area contributed by atoms with Crippen LogP contribution in [0.2, 0.25) is 0 Å². The lowest BCUT2D eigenvalue weighted by molar-refractivity contribution is -0.124. The van der Waals surface area contributed by atoms with Gasteiger partial charge in [-0.25, -0.2) is 0 Å². The summed E-state index contributed by atoms with van der Waals surface area (Å²) in [5.74, 6) is 0.476. The fourth-order valence-corrected chi connectivity index (χ4v) is 2.01. The summed E-state index contributed by atoms with van der Waals surface area (Å²) in [5.41, 5.74) is 1.22. The summed E-state index contributed by atoms with van der Waals surface area (Å²) in [4.78, 5) is 11.5. The van der Waals surface area contributed by atoms with E-state index in [0.29, 0.717) is 12.2 Å². The molecule has 1 fully saturated rings. The van der Waals surface area contributed by atoms with Crippen LogP contribution in [-0.4, -0.2) is 12.3 Å². The van der Waals surface area contributed by atoms with Gasteiger partial charge in [0.25, 0.3) is 0 Å². The lowest BCUT2D eigenvalue weighted by Gasteiger charge is -2.29. The molecule has 1 aromatic carbocycles. The highest BCUT2D eigenvalue weighted by atomic mass is 16.1.